The first-order chi connectivity index (χ1) is 6.52. The second kappa shape index (κ2) is 6.79. The number of rotatable bonds is 7. The van der Waals surface area contributed by atoms with E-state index < -0.39 is 5.54 Å². The van der Waals surface area contributed by atoms with Crippen LogP contribution in [-0.4, -0.2) is 36.9 Å². The predicted octanol–water partition coefficient (Wildman–Crippen LogP) is 0.690. The number of aliphatic hydroxyl groups excluding tert-OH is 1. The number of unbranched alkanes of at least 4 members (excludes halogenated alkanes) is 1. The van der Waals surface area contributed by atoms with Gasteiger partial charge < -0.3 is 15.2 Å². The molecule has 0 saturated carbocycles. The van der Waals surface area contributed by atoms with E-state index in [9.17, 15) is 4.79 Å². The van der Waals surface area contributed by atoms with Gasteiger partial charge in [-0.05, 0) is 26.7 Å². The SMILES string of the molecule is COCCCCC(=O)NC(C)(C)CO. The van der Waals surface area contributed by atoms with Gasteiger partial charge in [0.1, 0.15) is 0 Å². The van der Waals surface area contributed by atoms with E-state index in [4.69, 9.17) is 9.84 Å². The summed E-state index contributed by atoms with van der Waals surface area (Å²) in [6.07, 6.45) is 2.21. The first-order valence-electron chi connectivity index (χ1n) is 4.92. The van der Waals surface area contributed by atoms with Crippen LogP contribution in [0.1, 0.15) is 33.1 Å². The summed E-state index contributed by atoms with van der Waals surface area (Å²) in [5, 5.41) is 11.7. The van der Waals surface area contributed by atoms with Crippen molar-refractivity contribution in [3.05, 3.63) is 0 Å². The van der Waals surface area contributed by atoms with Gasteiger partial charge in [0.2, 0.25) is 5.91 Å². The zero-order chi connectivity index (χ0) is 11.0. The van der Waals surface area contributed by atoms with Gasteiger partial charge in [-0.15, -0.1) is 0 Å². The topological polar surface area (TPSA) is 58.6 Å². The summed E-state index contributed by atoms with van der Waals surface area (Å²) in [5.41, 5.74) is -0.516. The number of amides is 1. The summed E-state index contributed by atoms with van der Waals surface area (Å²) in [7, 11) is 1.65. The molecular weight excluding hydrogens is 182 g/mol. The molecule has 0 atom stereocenters. The first-order valence-corrected chi connectivity index (χ1v) is 4.92. The molecule has 0 aromatic rings. The molecule has 84 valence electrons. The van der Waals surface area contributed by atoms with Gasteiger partial charge in [-0.1, -0.05) is 0 Å². The lowest BCUT2D eigenvalue weighted by atomic mass is 10.1. The number of carbonyl (C=O) groups excluding carboxylic acids is 1. The molecule has 4 heteroatoms. The van der Waals surface area contributed by atoms with E-state index in [1.807, 2.05) is 0 Å². The number of hydrogen-bond acceptors (Lipinski definition) is 3. The second-order valence-corrected chi connectivity index (χ2v) is 4.04. The van der Waals surface area contributed by atoms with E-state index in [2.05, 4.69) is 5.32 Å². The molecule has 0 rings (SSSR count). The minimum absolute atomic E-state index is 0.0137. The molecule has 2 N–H and O–H groups in total. The Morgan fingerprint density at radius 3 is 2.57 bits per heavy atom. The first kappa shape index (κ1) is 13.4. The Morgan fingerprint density at radius 1 is 1.43 bits per heavy atom. The van der Waals surface area contributed by atoms with Gasteiger partial charge >= 0.3 is 0 Å². The van der Waals surface area contributed by atoms with Crippen molar-refractivity contribution in [3.63, 3.8) is 0 Å². The lowest BCUT2D eigenvalue weighted by Gasteiger charge is -2.23. The Kier molecular flexibility index (Phi) is 6.49. The molecule has 0 heterocycles. The molecule has 0 bridgehead atoms. The van der Waals surface area contributed by atoms with E-state index >= 15 is 0 Å². The number of carbonyl (C=O) groups is 1. The Balaban J connectivity index is 3.55. The van der Waals surface area contributed by atoms with Crippen molar-refractivity contribution in [3.8, 4) is 0 Å². The van der Waals surface area contributed by atoms with Crippen molar-refractivity contribution in [1.82, 2.24) is 5.32 Å². The van der Waals surface area contributed by atoms with Crippen LogP contribution in [0.5, 0.6) is 0 Å². The molecule has 0 saturated heterocycles. The smallest absolute Gasteiger partial charge is 0.220 e. The average Bonchev–Trinajstić information content (AvgIpc) is 2.12. The lowest BCUT2D eigenvalue weighted by Crippen LogP contribution is -2.46. The van der Waals surface area contributed by atoms with Crippen molar-refractivity contribution < 1.29 is 14.6 Å². The lowest BCUT2D eigenvalue weighted by molar-refractivity contribution is -0.123. The largest absolute Gasteiger partial charge is 0.394 e. The minimum atomic E-state index is -0.516. The molecular formula is C10H21NO3. The van der Waals surface area contributed by atoms with E-state index in [0.717, 1.165) is 12.8 Å². The highest BCUT2D eigenvalue weighted by Crippen LogP contribution is 2.02. The fourth-order valence-corrected chi connectivity index (χ4v) is 1.01. The van der Waals surface area contributed by atoms with Crippen LogP contribution in [0.3, 0.4) is 0 Å². The van der Waals surface area contributed by atoms with Crippen molar-refractivity contribution in [1.29, 1.82) is 0 Å². The van der Waals surface area contributed by atoms with Gasteiger partial charge in [-0.3, -0.25) is 4.79 Å². The predicted molar refractivity (Wildman–Crippen MR) is 55.0 cm³/mol. The Morgan fingerprint density at radius 2 is 2.07 bits per heavy atom. The van der Waals surface area contributed by atoms with Crippen LogP contribution in [-0.2, 0) is 9.53 Å². The second-order valence-electron chi connectivity index (χ2n) is 4.04. The summed E-state index contributed by atoms with van der Waals surface area (Å²) >= 11 is 0. The van der Waals surface area contributed by atoms with Crippen LogP contribution in [0.2, 0.25) is 0 Å². The highest BCUT2D eigenvalue weighted by atomic mass is 16.5. The number of methoxy groups -OCH3 is 1. The van der Waals surface area contributed by atoms with Gasteiger partial charge in [0.25, 0.3) is 0 Å². The molecule has 14 heavy (non-hydrogen) atoms. The molecule has 0 aromatic heterocycles. The zero-order valence-electron chi connectivity index (χ0n) is 9.30. The number of nitrogens with one attached hydrogen (secondary N) is 1. The minimum Gasteiger partial charge on any atom is -0.394 e. The van der Waals surface area contributed by atoms with E-state index in [1.54, 1.807) is 21.0 Å². The van der Waals surface area contributed by atoms with Crippen molar-refractivity contribution >= 4 is 5.91 Å². The van der Waals surface area contributed by atoms with Crippen molar-refractivity contribution in [2.75, 3.05) is 20.3 Å². The summed E-state index contributed by atoms with van der Waals surface area (Å²) in [6.45, 7) is 4.23. The van der Waals surface area contributed by atoms with Gasteiger partial charge in [0, 0.05) is 20.1 Å². The summed E-state index contributed by atoms with van der Waals surface area (Å²) < 4.78 is 4.87. The third kappa shape index (κ3) is 6.86. The van der Waals surface area contributed by atoms with Gasteiger partial charge in [-0.2, -0.15) is 0 Å². The quantitative estimate of drug-likeness (QED) is 0.598. The molecule has 4 nitrogen and oxygen atoms in total. The average molecular weight is 203 g/mol. The van der Waals surface area contributed by atoms with Crippen LogP contribution < -0.4 is 5.32 Å². The fourth-order valence-electron chi connectivity index (χ4n) is 1.01. The summed E-state index contributed by atoms with van der Waals surface area (Å²) in [4.78, 5) is 11.3. The monoisotopic (exact) mass is 203 g/mol. The zero-order valence-corrected chi connectivity index (χ0v) is 9.30. The molecule has 0 aliphatic heterocycles. The maximum atomic E-state index is 11.3. The normalized spacial score (nSPS) is 11.4. The van der Waals surface area contributed by atoms with Gasteiger partial charge in [0.15, 0.2) is 0 Å². The molecule has 0 aromatic carbocycles. The van der Waals surface area contributed by atoms with Crippen molar-refractivity contribution in [2.45, 2.75) is 38.6 Å². The van der Waals surface area contributed by atoms with E-state index in [0.29, 0.717) is 13.0 Å². The Hall–Kier alpha value is -0.610. The Labute approximate surface area is 85.6 Å². The summed E-state index contributed by atoms with van der Waals surface area (Å²) in [6, 6.07) is 0. The summed E-state index contributed by atoms with van der Waals surface area (Å²) in [5.74, 6) is -0.0137. The van der Waals surface area contributed by atoms with Crippen molar-refractivity contribution in [2.24, 2.45) is 0 Å². The number of hydrogen-bond donors (Lipinski definition) is 2. The Bertz CT molecular complexity index is 169. The van der Waals surface area contributed by atoms with Crippen LogP contribution in [0.25, 0.3) is 0 Å². The highest BCUT2D eigenvalue weighted by molar-refractivity contribution is 5.76. The number of ether oxygens (including phenoxy) is 1. The molecule has 0 fully saturated rings. The van der Waals surface area contributed by atoms with Crippen LogP contribution >= 0.6 is 0 Å². The standard InChI is InChI=1S/C10H21NO3/c1-10(2,8-12)11-9(13)6-4-5-7-14-3/h12H,4-8H2,1-3H3,(H,11,13). The van der Waals surface area contributed by atoms with Crippen LogP contribution in [0.4, 0.5) is 0 Å². The molecule has 0 aliphatic carbocycles. The van der Waals surface area contributed by atoms with E-state index in [1.165, 1.54) is 0 Å². The number of aliphatic hydroxyl groups is 1. The van der Waals surface area contributed by atoms with Crippen LogP contribution in [0.15, 0.2) is 0 Å². The molecule has 1 amide bonds. The maximum Gasteiger partial charge on any atom is 0.220 e. The fraction of sp³-hybridized carbons (Fsp3) is 0.900. The molecule has 0 spiro atoms. The molecule has 0 radical (unpaired) electrons. The van der Waals surface area contributed by atoms with Gasteiger partial charge in [0.05, 0.1) is 12.1 Å². The third-order valence-corrected chi connectivity index (χ3v) is 1.88. The van der Waals surface area contributed by atoms with Crippen LogP contribution in [0, 0.1) is 0 Å². The third-order valence-electron chi connectivity index (χ3n) is 1.88. The van der Waals surface area contributed by atoms with E-state index in [-0.39, 0.29) is 12.5 Å². The van der Waals surface area contributed by atoms with Gasteiger partial charge in [-0.25, -0.2) is 0 Å². The molecule has 0 aliphatic rings. The highest BCUT2D eigenvalue weighted by Gasteiger charge is 2.18. The maximum absolute atomic E-state index is 11.3. The molecule has 0 unspecified atom stereocenters.